The van der Waals surface area contributed by atoms with E-state index in [9.17, 15) is 8.42 Å². The molecule has 2 N–H and O–H groups in total. The smallest absolute Gasteiger partial charge is 0.194 e. The van der Waals surface area contributed by atoms with Crippen molar-refractivity contribution in [1.29, 1.82) is 0 Å². The molecule has 0 saturated heterocycles. The van der Waals surface area contributed by atoms with Gasteiger partial charge in [-0.05, 0) is 17.9 Å². The maximum absolute atomic E-state index is 12.5. The summed E-state index contributed by atoms with van der Waals surface area (Å²) in [6.45, 7) is 2.03. The molecule has 2 rings (SSSR count). The number of hydrogen-bond acceptors (Lipinski definition) is 3. The Morgan fingerprint density at radius 2 is 1.79 bits per heavy atom. The monoisotopic (exact) mass is 277 g/mol. The Labute approximate surface area is 114 Å². The summed E-state index contributed by atoms with van der Waals surface area (Å²) in [6.07, 6.45) is 2.27. The van der Waals surface area contributed by atoms with Crippen molar-refractivity contribution in [1.82, 2.24) is 0 Å². The molecule has 1 unspecified atom stereocenters. The zero-order chi connectivity index (χ0) is 13.9. The molecule has 0 bridgehead atoms. The number of sulfone groups is 1. The third-order valence-corrected chi connectivity index (χ3v) is 5.30. The van der Waals surface area contributed by atoms with E-state index >= 15 is 0 Å². The van der Waals surface area contributed by atoms with E-state index in [0.29, 0.717) is 11.3 Å². The number of fused-ring (bicyclic) bond motifs is 1. The first-order chi connectivity index (χ1) is 9.07. The first-order valence-corrected chi connectivity index (χ1v) is 8.09. The van der Waals surface area contributed by atoms with Crippen molar-refractivity contribution in [2.24, 2.45) is 5.73 Å². The molecule has 0 amide bonds. The van der Waals surface area contributed by atoms with Crippen LogP contribution in [0, 0.1) is 0 Å². The van der Waals surface area contributed by atoms with Crippen LogP contribution in [-0.4, -0.2) is 13.8 Å². The molecule has 0 radical (unpaired) electrons. The van der Waals surface area contributed by atoms with E-state index in [0.717, 1.165) is 23.6 Å². The molecule has 0 fully saturated rings. The fourth-order valence-electron chi connectivity index (χ4n) is 2.17. The van der Waals surface area contributed by atoms with Crippen LogP contribution in [0.1, 0.15) is 26.2 Å². The Bertz CT molecular complexity index is 659. The van der Waals surface area contributed by atoms with Gasteiger partial charge in [0.05, 0.1) is 4.90 Å². The second-order valence-corrected chi connectivity index (χ2v) is 6.84. The molecule has 0 aliphatic carbocycles. The van der Waals surface area contributed by atoms with Crippen molar-refractivity contribution in [2.45, 2.75) is 36.5 Å². The highest BCUT2D eigenvalue weighted by atomic mass is 32.2. The molecule has 2 aromatic rings. The summed E-state index contributed by atoms with van der Waals surface area (Å²) in [7, 11) is -3.46. The topological polar surface area (TPSA) is 60.2 Å². The Balaban J connectivity index is 2.49. The molecule has 0 aliphatic heterocycles. The summed E-state index contributed by atoms with van der Waals surface area (Å²) in [5, 5.41) is 0.849. The number of hydrogen-bond donors (Lipinski definition) is 1. The van der Waals surface area contributed by atoms with E-state index in [-0.39, 0.29) is 0 Å². The van der Waals surface area contributed by atoms with Gasteiger partial charge in [0, 0.05) is 5.39 Å². The van der Waals surface area contributed by atoms with Crippen LogP contribution in [0.25, 0.3) is 10.8 Å². The van der Waals surface area contributed by atoms with Crippen LogP contribution in [0.5, 0.6) is 0 Å². The molecular weight excluding hydrogens is 258 g/mol. The van der Waals surface area contributed by atoms with E-state index in [1.54, 1.807) is 12.1 Å². The minimum absolute atomic E-state index is 0.342. The second kappa shape index (κ2) is 5.72. The van der Waals surface area contributed by atoms with Gasteiger partial charge in [-0.25, -0.2) is 8.42 Å². The maximum atomic E-state index is 12.5. The van der Waals surface area contributed by atoms with Gasteiger partial charge in [0.2, 0.25) is 0 Å². The molecule has 0 aromatic heterocycles. The summed E-state index contributed by atoms with van der Waals surface area (Å²) >= 11 is 0. The largest absolute Gasteiger partial charge is 0.315 e. The summed E-state index contributed by atoms with van der Waals surface area (Å²) in [5.41, 5.74) is 5.87. The average Bonchev–Trinajstić information content (AvgIpc) is 2.43. The third kappa shape index (κ3) is 2.80. The predicted octanol–water partition coefficient (Wildman–Crippen LogP) is 3.09. The third-order valence-electron chi connectivity index (χ3n) is 3.30. The van der Waals surface area contributed by atoms with Crippen molar-refractivity contribution in [2.75, 3.05) is 0 Å². The van der Waals surface area contributed by atoms with Crippen LogP contribution < -0.4 is 5.73 Å². The first kappa shape index (κ1) is 14.0. The summed E-state index contributed by atoms with van der Waals surface area (Å²) < 4.78 is 25.1. The second-order valence-electron chi connectivity index (χ2n) is 4.70. The molecule has 19 heavy (non-hydrogen) atoms. The van der Waals surface area contributed by atoms with E-state index in [1.807, 2.05) is 37.3 Å². The molecule has 1 atom stereocenters. The lowest BCUT2D eigenvalue weighted by Crippen LogP contribution is -2.30. The first-order valence-electron chi connectivity index (χ1n) is 6.54. The standard InChI is InChI=1S/C15H19NO2S/c1-2-3-11-15(16)19(17,18)14-10-6-8-12-7-4-5-9-13(12)14/h4-10,15H,2-3,11,16H2,1H3. The predicted molar refractivity (Wildman–Crippen MR) is 78.6 cm³/mol. The normalized spacial score (nSPS) is 13.6. The van der Waals surface area contributed by atoms with Gasteiger partial charge in [-0.15, -0.1) is 0 Å². The number of unbranched alkanes of at least 4 members (excludes halogenated alkanes) is 1. The van der Waals surface area contributed by atoms with E-state index < -0.39 is 15.2 Å². The maximum Gasteiger partial charge on any atom is 0.194 e. The van der Waals surface area contributed by atoms with E-state index in [4.69, 9.17) is 5.73 Å². The van der Waals surface area contributed by atoms with Gasteiger partial charge >= 0.3 is 0 Å². The van der Waals surface area contributed by atoms with Crippen molar-refractivity contribution in [3.05, 3.63) is 42.5 Å². The zero-order valence-electron chi connectivity index (χ0n) is 11.0. The lowest BCUT2D eigenvalue weighted by atomic mass is 10.1. The van der Waals surface area contributed by atoms with Crippen LogP contribution in [-0.2, 0) is 9.84 Å². The van der Waals surface area contributed by atoms with Gasteiger partial charge in [0.1, 0.15) is 5.37 Å². The molecule has 0 aliphatic rings. The fraction of sp³-hybridized carbons (Fsp3) is 0.333. The molecule has 102 valence electrons. The Morgan fingerprint density at radius 1 is 1.11 bits per heavy atom. The minimum atomic E-state index is -3.46. The Hall–Kier alpha value is -1.39. The number of rotatable bonds is 5. The molecule has 0 saturated carbocycles. The highest BCUT2D eigenvalue weighted by molar-refractivity contribution is 7.92. The average molecular weight is 277 g/mol. The molecule has 2 aromatic carbocycles. The fourth-order valence-corrected chi connectivity index (χ4v) is 3.73. The van der Waals surface area contributed by atoms with Gasteiger partial charge in [0.25, 0.3) is 0 Å². The van der Waals surface area contributed by atoms with Gasteiger partial charge in [-0.1, -0.05) is 56.2 Å². The molecule has 0 spiro atoms. The highest BCUT2D eigenvalue weighted by Crippen LogP contribution is 2.26. The molecule has 4 heteroatoms. The van der Waals surface area contributed by atoms with Crippen LogP contribution >= 0.6 is 0 Å². The van der Waals surface area contributed by atoms with Crippen LogP contribution in [0.4, 0.5) is 0 Å². The summed E-state index contributed by atoms with van der Waals surface area (Å²) in [5.74, 6) is 0. The van der Waals surface area contributed by atoms with E-state index in [1.165, 1.54) is 0 Å². The van der Waals surface area contributed by atoms with Crippen LogP contribution in [0.15, 0.2) is 47.4 Å². The lowest BCUT2D eigenvalue weighted by molar-refractivity contribution is 0.567. The number of nitrogens with two attached hydrogens (primary N) is 1. The van der Waals surface area contributed by atoms with Gasteiger partial charge in [0.15, 0.2) is 9.84 Å². The lowest BCUT2D eigenvalue weighted by Gasteiger charge is -2.14. The van der Waals surface area contributed by atoms with Crippen LogP contribution in [0.2, 0.25) is 0 Å². The van der Waals surface area contributed by atoms with Crippen molar-refractivity contribution >= 4 is 20.6 Å². The molecular formula is C15H19NO2S. The SMILES string of the molecule is CCCCC(N)S(=O)(=O)c1cccc2ccccc12. The van der Waals surface area contributed by atoms with Gasteiger partial charge in [-0.3, -0.25) is 0 Å². The van der Waals surface area contributed by atoms with Crippen molar-refractivity contribution < 1.29 is 8.42 Å². The quantitative estimate of drug-likeness (QED) is 0.913. The Kier molecular flexibility index (Phi) is 4.22. The van der Waals surface area contributed by atoms with Crippen LogP contribution in [0.3, 0.4) is 0 Å². The molecule has 0 heterocycles. The summed E-state index contributed by atoms with van der Waals surface area (Å²) in [6, 6.07) is 12.8. The minimum Gasteiger partial charge on any atom is -0.315 e. The van der Waals surface area contributed by atoms with Gasteiger partial charge in [-0.2, -0.15) is 0 Å². The van der Waals surface area contributed by atoms with E-state index in [2.05, 4.69) is 0 Å². The molecule has 3 nitrogen and oxygen atoms in total. The van der Waals surface area contributed by atoms with Crippen molar-refractivity contribution in [3.63, 3.8) is 0 Å². The zero-order valence-corrected chi connectivity index (χ0v) is 11.9. The Morgan fingerprint density at radius 3 is 2.53 bits per heavy atom. The number of benzene rings is 2. The van der Waals surface area contributed by atoms with Gasteiger partial charge < -0.3 is 5.73 Å². The highest BCUT2D eigenvalue weighted by Gasteiger charge is 2.24. The van der Waals surface area contributed by atoms with Crippen molar-refractivity contribution in [3.8, 4) is 0 Å². The summed E-state index contributed by atoms with van der Waals surface area (Å²) in [4.78, 5) is 0.342.